The number of aliphatic carboxylic acids is 1. The molecule has 4 unspecified atom stereocenters. The van der Waals surface area contributed by atoms with Gasteiger partial charge in [-0.05, 0) is 29.7 Å². The summed E-state index contributed by atoms with van der Waals surface area (Å²) >= 11 is 0. The second kappa shape index (κ2) is 14.9. The van der Waals surface area contributed by atoms with Gasteiger partial charge in [-0.15, -0.1) is 0 Å². The summed E-state index contributed by atoms with van der Waals surface area (Å²) in [6.45, 7) is 0. The lowest BCUT2D eigenvalue weighted by Gasteiger charge is -2.25. The summed E-state index contributed by atoms with van der Waals surface area (Å²) in [5, 5.41) is 19.0. The van der Waals surface area contributed by atoms with E-state index in [1.807, 2.05) is 36.4 Å². The predicted molar refractivity (Wildman–Crippen MR) is 168 cm³/mol. The van der Waals surface area contributed by atoms with Crippen LogP contribution >= 0.6 is 0 Å². The van der Waals surface area contributed by atoms with Gasteiger partial charge in [-0.3, -0.25) is 24.0 Å². The molecule has 242 valence electrons. The van der Waals surface area contributed by atoms with Crippen molar-refractivity contribution in [3.05, 3.63) is 72.1 Å². The van der Waals surface area contributed by atoms with E-state index in [2.05, 4.69) is 25.9 Å². The van der Waals surface area contributed by atoms with Crippen molar-refractivity contribution in [1.82, 2.24) is 25.9 Å². The maximum atomic E-state index is 13.7. The van der Waals surface area contributed by atoms with Crippen molar-refractivity contribution in [1.29, 1.82) is 0 Å². The van der Waals surface area contributed by atoms with E-state index in [9.17, 15) is 33.9 Å². The van der Waals surface area contributed by atoms with Gasteiger partial charge in [0.1, 0.15) is 18.1 Å². The van der Waals surface area contributed by atoms with Crippen molar-refractivity contribution in [3.8, 4) is 0 Å². The minimum Gasteiger partial charge on any atom is -0.480 e. The molecule has 0 aliphatic carbocycles. The SMILES string of the molecule is NC(=O)CCC(NC(=O)C(Cc1c[nH]c2ccccc12)NC(=O)C(N)CC(N)=O)C(=O)NC(Cc1c[nH]c2ccccc12)C(=O)O. The number of nitrogens with two attached hydrogens (primary N) is 3. The zero-order valence-corrected chi connectivity index (χ0v) is 24.7. The van der Waals surface area contributed by atoms with Crippen LogP contribution < -0.4 is 33.2 Å². The first-order chi connectivity index (χ1) is 21.9. The lowest BCUT2D eigenvalue weighted by molar-refractivity contribution is -0.142. The molecule has 0 fully saturated rings. The molecule has 5 amide bonds. The van der Waals surface area contributed by atoms with Crippen molar-refractivity contribution >= 4 is 57.3 Å². The molecule has 2 heterocycles. The predicted octanol–water partition coefficient (Wildman–Crippen LogP) is -0.558. The second-order valence-electron chi connectivity index (χ2n) is 10.9. The monoisotopic (exact) mass is 632 g/mol. The number of fused-ring (bicyclic) bond motifs is 2. The number of H-pyrrole nitrogens is 2. The number of carboxylic acids is 1. The van der Waals surface area contributed by atoms with Gasteiger partial charge < -0.3 is 48.2 Å². The first kappa shape index (κ1) is 33.2. The highest BCUT2D eigenvalue weighted by atomic mass is 16.4. The van der Waals surface area contributed by atoms with Gasteiger partial charge in [0.05, 0.1) is 12.5 Å². The van der Waals surface area contributed by atoms with Crippen molar-refractivity contribution in [2.45, 2.75) is 56.3 Å². The maximum absolute atomic E-state index is 13.7. The quantitative estimate of drug-likeness (QED) is 0.0771. The number of primary amides is 2. The zero-order chi connectivity index (χ0) is 33.4. The third-order valence-corrected chi connectivity index (χ3v) is 7.52. The first-order valence-electron chi connectivity index (χ1n) is 14.5. The van der Waals surface area contributed by atoms with Crippen molar-refractivity contribution in [2.75, 3.05) is 0 Å². The molecule has 12 N–H and O–H groups in total. The van der Waals surface area contributed by atoms with Crippen LogP contribution in [0.1, 0.15) is 30.4 Å². The molecule has 4 aromatic rings. The highest BCUT2D eigenvalue weighted by Crippen LogP contribution is 2.21. The molecule has 0 bridgehead atoms. The molecule has 0 saturated heterocycles. The smallest absolute Gasteiger partial charge is 0.326 e. The summed E-state index contributed by atoms with van der Waals surface area (Å²) in [6.07, 6.45) is 2.18. The largest absolute Gasteiger partial charge is 0.480 e. The topological polar surface area (TPSA) is 268 Å². The van der Waals surface area contributed by atoms with E-state index in [-0.39, 0.29) is 25.7 Å². The maximum Gasteiger partial charge on any atom is 0.326 e. The van der Waals surface area contributed by atoms with Gasteiger partial charge >= 0.3 is 5.97 Å². The standard InChI is InChI=1S/C31H36N8O7/c32-20(13-27(34)41)28(42)38-24(11-16-14-35-21-7-3-1-5-18(16)21)30(44)37-23(9-10-26(33)40)29(43)39-25(31(45)46)12-17-15-36-22-8-4-2-6-19(17)22/h1-8,14-15,20,23-25,35-36H,9-13,32H2,(H2,33,40)(H2,34,41)(H,37,44)(H,38,42)(H,39,43)(H,45,46). The number of amides is 5. The van der Waals surface area contributed by atoms with Gasteiger partial charge in [0.25, 0.3) is 0 Å². The normalized spacial score (nSPS) is 13.8. The Hall–Kier alpha value is -5.70. The zero-order valence-electron chi connectivity index (χ0n) is 24.7. The Bertz CT molecular complexity index is 1760. The van der Waals surface area contributed by atoms with Crippen LogP contribution in [-0.4, -0.2) is 74.7 Å². The van der Waals surface area contributed by atoms with E-state index in [0.29, 0.717) is 11.1 Å². The Balaban J connectivity index is 1.56. The fourth-order valence-corrected chi connectivity index (χ4v) is 5.14. The Kier molecular flexibility index (Phi) is 10.7. The summed E-state index contributed by atoms with van der Waals surface area (Å²) in [7, 11) is 0. The molecule has 2 aromatic heterocycles. The van der Waals surface area contributed by atoms with E-state index in [1.165, 1.54) is 0 Å². The van der Waals surface area contributed by atoms with Crippen LogP contribution in [0.15, 0.2) is 60.9 Å². The molecule has 0 aliphatic heterocycles. The molecule has 4 atom stereocenters. The van der Waals surface area contributed by atoms with Crippen LogP contribution in [0.3, 0.4) is 0 Å². The molecule has 0 aliphatic rings. The summed E-state index contributed by atoms with van der Waals surface area (Å²) in [6, 6.07) is 9.12. The second-order valence-corrected chi connectivity index (χ2v) is 10.9. The average molecular weight is 633 g/mol. The Morgan fingerprint density at radius 3 is 1.67 bits per heavy atom. The van der Waals surface area contributed by atoms with E-state index < -0.39 is 66.1 Å². The summed E-state index contributed by atoms with van der Waals surface area (Å²) < 4.78 is 0. The molecule has 0 radical (unpaired) electrons. The number of para-hydroxylation sites is 2. The number of hydrogen-bond donors (Lipinski definition) is 9. The van der Waals surface area contributed by atoms with Crippen LogP contribution in [0.4, 0.5) is 0 Å². The third-order valence-electron chi connectivity index (χ3n) is 7.52. The Labute approximate surface area is 262 Å². The lowest BCUT2D eigenvalue weighted by atomic mass is 10.0. The highest BCUT2D eigenvalue weighted by molar-refractivity contribution is 5.96. The fraction of sp³-hybridized carbons (Fsp3) is 0.290. The van der Waals surface area contributed by atoms with E-state index >= 15 is 0 Å². The van der Waals surface area contributed by atoms with Crippen LogP contribution in [0, 0.1) is 0 Å². The van der Waals surface area contributed by atoms with Gasteiger partial charge in [0, 0.05) is 53.5 Å². The number of hydrogen-bond acceptors (Lipinski definition) is 7. The van der Waals surface area contributed by atoms with E-state index in [4.69, 9.17) is 17.2 Å². The van der Waals surface area contributed by atoms with Crippen LogP contribution in [-0.2, 0) is 41.6 Å². The van der Waals surface area contributed by atoms with Crippen LogP contribution in [0.2, 0.25) is 0 Å². The minimum absolute atomic E-state index is 0.0483. The third kappa shape index (κ3) is 8.47. The van der Waals surface area contributed by atoms with Crippen molar-refractivity contribution in [2.24, 2.45) is 17.2 Å². The van der Waals surface area contributed by atoms with Crippen molar-refractivity contribution in [3.63, 3.8) is 0 Å². The molecular formula is C31H36N8O7. The summed E-state index contributed by atoms with van der Waals surface area (Å²) in [5.41, 5.74) is 19.2. The van der Waals surface area contributed by atoms with Gasteiger partial charge in [-0.2, -0.15) is 0 Å². The molecule has 4 rings (SSSR count). The number of aromatic nitrogens is 2. The minimum atomic E-state index is -1.40. The molecule has 15 nitrogen and oxygen atoms in total. The molecule has 2 aromatic carbocycles. The van der Waals surface area contributed by atoms with Crippen LogP contribution in [0.25, 0.3) is 21.8 Å². The van der Waals surface area contributed by atoms with Gasteiger partial charge in [-0.25, -0.2) is 4.79 Å². The average Bonchev–Trinajstić information content (AvgIpc) is 3.61. The molecule has 0 saturated carbocycles. The summed E-state index contributed by atoms with van der Waals surface area (Å²) in [4.78, 5) is 81.3. The van der Waals surface area contributed by atoms with Gasteiger partial charge in [-0.1, -0.05) is 36.4 Å². The number of carboxylic acid groups (broad SMARTS) is 1. The Morgan fingerprint density at radius 1 is 0.674 bits per heavy atom. The van der Waals surface area contributed by atoms with Gasteiger partial charge in [0.2, 0.25) is 29.5 Å². The molecular weight excluding hydrogens is 596 g/mol. The Morgan fingerprint density at radius 2 is 1.15 bits per heavy atom. The lowest BCUT2D eigenvalue weighted by Crippen LogP contribution is -2.58. The molecule has 46 heavy (non-hydrogen) atoms. The number of nitrogens with one attached hydrogen (secondary N) is 5. The van der Waals surface area contributed by atoms with Crippen molar-refractivity contribution < 1.29 is 33.9 Å². The number of benzene rings is 2. The molecule has 15 heteroatoms. The van der Waals surface area contributed by atoms with Gasteiger partial charge in [0.15, 0.2) is 0 Å². The fourth-order valence-electron chi connectivity index (χ4n) is 5.14. The summed E-state index contributed by atoms with van der Waals surface area (Å²) in [5.74, 6) is -5.40. The highest BCUT2D eigenvalue weighted by Gasteiger charge is 2.31. The number of aromatic amines is 2. The van der Waals surface area contributed by atoms with E-state index in [1.54, 1.807) is 24.5 Å². The molecule has 0 spiro atoms. The van der Waals surface area contributed by atoms with E-state index in [0.717, 1.165) is 21.8 Å². The number of carbonyl (C=O) groups is 6. The number of rotatable bonds is 16. The first-order valence-corrected chi connectivity index (χ1v) is 14.5. The number of carbonyl (C=O) groups excluding carboxylic acids is 5. The van der Waals surface area contributed by atoms with Crippen LogP contribution in [0.5, 0.6) is 0 Å².